The number of carbonyl (C=O) groups is 1. The van der Waals surface area contributed by atoms with Crippen LogP contribution in [0.1, 0.15) is 132 Å². The monoisotopic (exact) mass is 574 g/mol. The average Bonchev–Trinajstić information content (AvgIpc) is 2.93. The second-order valence-corrected chi connectivity index (χ2v) is 11.8. The molecule has 1 unspecified atom stereocenters. The Labute approximate surface area is 260 Å². The van der Waals surface area contributed by atoms with Crippen molar-refractivity contribution in [3.63, 3.8) is 0 Å². The highest BCUT2D eigenvalue weighted by atomic mass is 16.5. The Balaban J connectivity index is 4.70. The zero-order chi connectivity index (χ0) is 31.3. The molecule has 234 valence electrons. The normalized spacial score (nSPS) is 13.7. The quantitative estimate of drug-likeness (QED) is 0.0399. The van der Waals surface area contributed by atoms with Crippen molar-refractivity contribution < 1.29 is 9.53 Å². The van der Waals surface area contributed by atoms with Crippen LogP contribution >= 0.6 is 0 Å². The summed E-state index contributed by atoms with van der Waals surface area (Å²) in [6, 6.07) is 0. The molecule has 0 radical (unpaired) electrons. The van der Waals surface area contributed by atoms with Gasteiger partial charge in [0.05, 0.1) is 0 Å². The number of unbranched alkanes of at least 4 members (excludes halogenated alkanes) is 7. The molecule has 2 nitrogen and oxygen atoms in total. The molecule has 0 aromatic heterocycles. The van der Waals surface area contributed by atoms with Gasteiger partial charge in [-0.1, -0.05) is 141 Å². The van der Waals surface area contributed by atoms with Crippen molar-refractivity contribution in [2.75, 3.05) is 0 Å². The maximum atomic E-state index is 12.5. The smallest absolute Gasteiger partial charge is 0.331 e. The Morgan fingerprint density at radius 2 is 1.12 bits per heavy atom. The molecule has 2 heteroatoms. The van der Waals surface area contributed by atoms with E-state index in [0.29, 0.717) is 6.42 Å². The van der Waals surface area contributed by atoms with Gasteiger partial charge in [0.25, 0.3) is 0 Å². The number of hydrogen-bond acceptors (Lipinski definition) is 2. The molecule has 0 aliphatic carbocycles. The SMILES string of the molecule is CCCCCCCCC/C=C/C=C/C=C/C=C/C=C/C(=O)OC(/C=C(\C)CCC=C(C)C)C/C=C(\C)CCC=C(C)C. The highest BCUT2D eigenvalue weighted by molar-refractivity contribution is 5.82. The minimum absolute atomic E-state index is 0.264. The van der Waals surface area contributed by atoms with Crippen molar-refractivity contribution in [2.45, 2.75) is 138 Å². The summed E-state index contributed by atoms with van der Waals surface area (Å²) >= 11 is 0. The molecule has 0 saturated carbocycles. The summed E-state index contributed by atoms with van der Waals surface area (Å²) < 4.78 is 5.83. The Hall–Kier alpha value is -2.87. The first kappa shape index (κ1) is 39.1. The third kappa shape index (κ3) is 28.7. The van der Waals surface area contributed by atoms with Crippen molar-refractivity contribution >= 4 is 5.97 Å². The summed E-state index contributed by atoms with van der Waals surface area (Å²) in [4.78, 5) is 12.5. The van der Waals surface area contributed by atoms with E-state index < -0.39 is 0 Å². The lowest BCUT2D eigenvalue weighted by atomic mass is 10.0. The molecule has 0 N–H and O–H groups in total. The zero-order valence-corrected chi connectivity index (χ0v) is 28.2. The van der Waals surface area contributed by atoms with Crippen LogP contribution in [-0.2, 0) is 9.53 Å². The summed E-state index contributed by atoms with van der Waals surface area (Å²) in [7, 11) is 0. The highest BCUT2D eigenvalue weighted by Crippen LogP contribution is 2.15. The summed E-state index contributed by atoms with van der Waals surface area (Å²) in [5.74, 6) is -0.316. The molecule has 42 heavy (non-hydrogen) atoms. The molecular formula is C40H62O2. The van der Waals surface area contributed by atoms with Crippen molar-refractivity contribution in [3.8, 4) is 0 Å². The first-order valence-electron chi connectivity index (χ1n) is 16.4. The number of esters is 1. The molecule has 0 saturated heterocycles. The summed E-state index contributed by atoms with van der Waals surface area (Å²) in [5.41, 5.74) is 5.25. The molecule has 0 aromatic carbocycles. The largest absolute Gasteiger partial charge is 0.455 e. The van der Waals surface area contributed by atoms with E-state index in [1.54, 1.807) is 6.08 Å². The topological polar surface area (TPSA) is 26.3 Å². The van der Waals surface area contributed by atoms with Gasteiger partial charge < -0.3 is 4.74 Å². The van der Waals surface area contributed by atoms with Crippen molar-refractivity contribution in [1.29, 1.82) is 0 Å². The van der Waals surface area contributed by atoms with Crippen molar-refractivity contribution in [3.05, 3.63) is 107 Å². The standard InChI is InChI=1S/C40H62O2/c1-8-9-10-11-12-13-14-15-16-17-18-19-20-21-22-23-24-31-40(41)42-39(34-38(7)30-26-28-36(4)5)33-32-37(6)29-25-27-35(2)3/h16-24,27-28,31-32,34,39H,8-15,25-26,29-30,33H2,1-7H3/b17-16+,19-18+,21-20+,23-22+,31-24+,37-32+,38-34+. The van der Waals surface area contributed by atoms with Crippen LogP contribution in [0.5, 0.6) is 0 Å². The van der Waals surface area contributed by atoms with E-state index in [-0.39, 0.29) is 12.1 Å². The lowest BCUT2D eigenvalue weighted by molar-refractivity contribution is -0.140. The maximum absolute atomic E-state index is 12.5. The summed E-state index contributed by atoms with van der Waals surface area (Å²) in [5, 5.41) is 0. The van der Waals surface area contributed by atoms with Crippen LogP contribution in [0.2, 0.25) is 0 Å². The molecule has 0 amide bonds. The fourth-order valence-electron chi connectivity index (χ4n) is 4.25. The van der Waals surface area contributed by atoms with Gasteiger partial charge in [0.15, 0.2) is 0 Å². The van der Waals surface area contributed by atoms with Crippen LogP contribution in [0.15, 0.2) is 107 Å². The van der Waals surface area contributed by atoms with Gasteiger partial charge in [0, 0.05) is 12.5 Å². The van der Waals surface area contributed by atoms with E-state index in [1.807, 2.05) is 30.4 Å². The predicted molar refractivity (Wildman–Crippen MR) is 188 cm³/mol. The van der Waals surface area contributed by atoms with Gasteiger partial charge in [-0.2, -0.15) is 0 Å². The Morgan fingerprint density at radius 3 is 1.71 bits per heavy atom. The second kappa shape index (κ2) is 28.3. The van der Waals surface area contributed by atoms with Gasteiger partial charge in [-0.3, -0.25) is 0 Å². The highest BCUT2D eigenvalue weighted by Gasteiger charge is 2.09. The van der Waals surface area contributed by atoms with Crippen molar-refractivity contribution in [1.82, 2.24) is 0 Å². The number of ether oxygens (including phenoxy) is 1. The molecule has 0 heterocycles. The van der Waals surface area contributed by atoms with E-state index in [0.717, 1.165) is 32.1 Å². The van der Waals surface area contributed by atoms with Crippen LogP contribution in [0, 0.1) is 0 Å². The van der Waals surface area contributed by atoms with Crippen LogP contribution in [0.25, 0.3) is 0 Å². The Bertz CT molecular complexity index is 967. The molecular weight excluding hydrogens is 512 g/mol. The number of hydrogen-bond donors (Lipinski definition) is 0. The number of carbonyl (C=O) groups excluding carboxylic acids is 1. The molecule has 0 aliphatic rings. The van der Waals surface area contributed by atoms with Crippen LogP contribution in [0.3, 0.4) is 0 Å². The van der Waals surface area contributed by atoms with E-state index in [1.165, 1.54) is 73.3 Å². The fraction of sp³-hybridized carbons (Fsp3) is 0.525. The zero-order valence-electron chi connectivity index (χ0n) is 28.2. The van der Waals surface area contributed by atoms with Crippen LogP contribution in [0.4, 0.5) is 0 Å². The summed E-state index contributed by atoms with van der Waals surface area (Å²) in [6.45, 7) is 15.0. The van der Waals surface area contributed by atoms with Gasteiger partial charge in [-0.25, -0.2) is 4.79 Å². The minimum atomic E-state index is -0.316. The summed E-state index contributed by atoms with van der Waals surface area (Å²) in [6.07, 6.45) is 43.3. The molecule has 1 atom stereocenters. The molecule has 0 aliphatic heterocycles. The first-order chi connectivity index (χ1) is 20.2. The molecule has 0 fully saturated rings. The molecule has 0 aromatic rings. The van der Waals surface area contributed by atoms with Crippen LogP contribution < -0.4 is 0 Å². The van der Waals surface area contributed by atoms with E-state index in [2.05, 4.69) is 91.0 Å². The van der Waals surface area contributed by atoms with Crippen molar-refractivity contribution in [2.24, 2.45) is 0 Å². The van der Waals surface area contributed by atoms with E-state index >= 15 is 0 Å². The van der Waals surface area contributed by atoms with E-state index in [4.69, 9.17) is 4.74 Å². The molecule has 0 rings (SSSR count). The van der Waals surface area contributed by atoms with Gasteiger partial charge in [0.1, 0.15) is 6.10 Å². The lowest BCUT2D eigenvalue weighted by Crippen LogP contribution is -2.14. The number of allylic oxidation sites excluding steroid dienone is 15. The average molecular weight is 575 g/mol. The van der Waals surface area contributed by atoms with E-state index in [9.17, 15) is 4.79 Å². The number of rotatable bonds is 23. The van der Waals surface area contributed by atoms with Gasteiger partial charge >= 0.3 is 5.97 Å². The predicted octanol–water partition coefficient (Wildman–Crippen LogP) is 12.6. The Morgan fingerprint density at radius 1 is 0.595 bits per heavy atom. The van der Waals surface area contributed by atoms with Gasteiger partial charge in [0.2, 0.25) is 0 Å². The third-order valence-electron chi connectivity index (χ3n) is 6.74. The van der Waals surface area contributed by atoms with Gasteiger partial charge in [-0.15, -0.1) is 0 Å². The van der Waals surface area contributed by atoms with Gasteiger partial charge in [-0.05, 0) is 86.1 Å². The fourth-order valence-corrected chi connectivity index (χ4v) is 4.25. The Kier molecular flexibility index (Phi) is 26.3. The lowest BCUT2D eigenvalue weighted by Gasteiger charge is -2.14. The third-order valence-corrected chi connectivity index (χ3v) is 6.74. The van der Waals surface area contributed by atoms with Crippen LogP contribution in [-0.4, -0.2) is 12.1 Å². The molecule has 0 spiro atoms. The molecule has 0 bridgehead atoms. The maximum Gasteiger partial charge on any atom is 0.331 e. The minimum Gasteiger partial charge on any atom is -0.455 e. The first-order valence-corrected chi connectivity index (χ1v) is 16.4. The second-order valence-electron chi connectivity index (χ2n) is 11.8.